The highest BCUT2D eigenvalue weighted by Gasteiger charge is 2.11. The first-order valence-corrected chi connectivity index (χ1v) is 6.33. The molecule has 0 aromatic rings. The number of allylic oxidation sites excluding steroid dienone is 2. The van der Waals surface area contributed by atoms with Crippen LogP contribution in [0.2, 0.25) is 0 Å². The molecule has 1 aliphatic carbocycles. The summed E-state index contributed by atoms with van der Waals surface area (Å²) in [6.07, 6.45) is 7.26. The van der Waals surface area contributed by atoms with Gasteiger partial charge in [-0.2, -0.15) is 11.8 Å². The van der Waals surface area contributed by atoms with Gasteiger partial charge in [-0.05, 0) is 37.2 Å². The Balaban J connectivity index is 2.03. The first-order valence-electron chi connectivity index (χ1n) is 4.74. The van der Waals surface area contributed by atoms with E-state index in [9.17, 15) is 0 Å². The highest BCUT2D eigenvalue weighted by molar-refractivity contribution is 7.99. The van der Waals surface area contributed by atoms with Crippen molar-refractivity contribution in [1.82, 2.24) is 0 Å². The Morgan fingerprint density at radius 3 is 3.08 bits per heavy atom. The average molecular weight is 205 g/mol. The minimum Gasteiger partial charge on any atom is -0.162 e. The first kappa shape index (κ1) is 10.5. The van der Waals surface area contributed by atoms with Crippen LogP contribution in [-0.2, 0) is 0 Å². The molecule has 1 atom stereocenters. The van der Waals surface area contributed by atoms with Crippen molar-refractivity contribution in [3.8, 4) is 0 Å². The molecule has 0 N–H and O–H groups in total. The molecule has 0 amide bonds. The lowest BCUT2D eigenvalue weighted by Crippen LogP contribution is -1.83. The summed E-state index contributed by atoms with van der Waals surface area (Å²) in [6, 6.07) is 0. The van der Waals surface area contributed by atoms with E-state index >= 15 is 0 Å². The Labute approximate surface area is 84.8 Å². The molecule has 0 saturated carbocycles. The fourth-order valence-corrected chi connectivity index (χ4v) is 2.42. The maximum atomic E-state index is 5.97. The van der Waals surface area contributed by atoms with Crippen molar-refractivity contribution >= 4 is 23.4 Å². The molecule has 0 saturated heterocycles. The van der Waals surface area contributed by atoms with Crippen molar-refractivity contribution in [3.63, 3.8) is 0 Å². The lowest BCUT2D eigenvalue weighted by atomic mass is 10.1. The zero-order chi connectivity index (χ0) is 8.81. The van der Waals surface area contributed by atoms with Gasteiger partial charge in [-0.1, -0.05) is 18.6 Å². The number of alkyl halides is 1. The Morgan fingerprint density at radius 2 is 2.50 bits per heavy atom. The molecule has 1 unspecified atom stereocenters. The van der Waals surface area contributed by atoms with Crippen LogP contribution >= 0.6 is 23.4 Å². The van der Waals surface area contributed by atoms with Gasteiger partial charge in [-0.3, -0.25) is 0 Å². The topological polar surface area (TPSA) is 0 Å². The Kier molecular flexibility index (Phi) is 5.17. The minimum absolute atomic E-state index is 0.332. The molecule has 12 heavy (non-hydrogen) atoms. The van der Waals surface area contributed by atoms with Gasteiger partial charge in [0.05, 0.1) is 5.38 Å². The molecule has 0 bridgehead atoms. The fraction of sp³-hybridized carbons (Fsp3) is 0.800. The van der Waals surface area contributed by atoms with Gasteiger partial charge in [0.25, 0.3) is 0 Å². The summed E-state index contributed by atoms with van der Waals surface area (Å²) < 4.78 is 0. The second-order valence-electron chi connectivity index (χ2n) is 3.18. The van der Waals surface area contributed by atoms with Crippen LogP contribution in [-0.4, -0.2) is 16.9 Å². The molecule has 1 rings (SSSR count). The number of rotatable bonds is 5. The minimum atomic E-state index is 0.332. The quantitative estimate of drug-likeness (QED) is 0.373. The number of halogens is 1. The molecule has 0 spiro atoms. The van der Waals surface area contributed by atoms with Crippen LogP contribution in [0, 0.1) is 0 Å². The van der Waals surface area contributed by atoms with Crippen LogP contribution in [0.5, 0.6) is 0 Å². The van der Waals surface area contributed by atoms with E-state index in [1.165, 1.54) is 30.8 Å². The highest BCUT2D eigenvalue weighted by Crippen LogP contribution is 2.26. The molecular formula is C10H17ClS. The summed E-state index contributed by atoms with van der Waals surface area (Å²) in [5, 5.41) is 0.332. The van der Waals surface area contributed by atoms with Crippen LogP contribution in [0.4, 0.5) is 0 Å². The third-order valence-corrected chi connectivity index (χ3v) is 3.48. The van der Waals surface area contributed by atoms with Crippen molar-refractivity contribution < 1.29 is 0 Å². The van der Waals surface area contributed by atoms with Gasteiger partial charge in [0.15, 0.2) is 0 Å². The van der Waals surface area contributed by atoms with E-state index < -0.39 is 0 Å². The van der Waals surface area contributed by atoms with Gasteiger partial charge in [-0.15, -0.1) is 11.6 Å². The van der Waals surface area contributed by atoms with Gasteiger partial charge in [0.2, 0.25) is 0 Å². The lowest BCUT2D eigenvalue weighted by Gasteiger charge is -1.99. The SMILES string of the molecule is CCSCCCC1=CC(Cl)CC1. The van der Waals surface area contributed by atoms with E-state index in [1.807, 2.05) is 11.8 Å². The van der Waals surface area contributed by atoms with Crippen LogP contribution in [0.25, 0.3) is 0 Å². The fourth-order valence-electron chi connectivity index (χ4n) is 1.50. The first-order chi connectivity index (χ1) is 5.83. The molecule has 0 radical (unpaired) electrons. The molecule has 0 aromatic carbocycles. The molecule has 0 heterocycles. The van der Waals surface area contributed by atoms with Gasteiger partial charge in [-0.25, -0.2) is 0 Å². The zero-order valence-electron chi connectivity index (χ0n) is 7.68. The largest absolute Gasteiger partial charge is 0.162 e. The Bertz CT molecular complexity index is 154. The van der Waals surface area contributed by atoms with E-state index in [0.29, 0.717) is 5.38 Å². The van der Waals surface area contributed by atoms with Gasteiger partial charge in [0, 0.05) is 0 Å². The number of thioether (sulfide) groups is 1. The molecule has 0 aromatic heterocycles. The van der Waals surface area contributed by atoms with Crippen molar-refractivity contribution in [1.29, 1.82) is 0 Å². The lowest BCUT2D eigenvalue weighted by molar-refractivity contribution is 0.836. The second-order valence-corrected chi connectivity index (χ2v) is 5.13. The molecule has 1 aliphatic rings. The monoisotopic (exact) mass is 204 g/mol. The molecule has 0 aliphatic heterocycles. The maximum Gasteiger partial charge on any atom is 0.0521 e. The van der Waals surface area contributed by atoms with Crippen molar-refractivity contribution in [2.45, 2.75) is 38.0 Å². The third kappa shape index (κ3) is 3.86. The summed E-state index contributed by atoms with van der Waals surface area (Å²) in [5.41, 5.74) is 1.59. The van der Waals surface area contributed by atoms with Crippen LogP contribution in [0.3, 0.4) is 0 Å². The van der Waals surface area contributed by atoms with Crippen LogP contribution in [0.1, 0.15) is 32.6 Å². The summed E-state index contributed by atoms with van der Waals surface area (Å²) >= 11 is 8.00. The van der Waals surface area contributed by atoms with Gasteiger partial charge < -0.3 is 0 Å². The van der Waals surface area contributed by atoms with E-state index in [0.717, 1.165) is 6.42 Å². The summed E-state index contributed by atoms with van der Waals surface area (Å²) in [4.78, 5) is 0. The second kappa shape index (κ2) is 5.93. The highest BCUT2D eigenvalue weighted by atomic mass is 35.5. The molecule has 0 nitrogen and oxygen atoms in total. The standard InChI is InChI=1S/C10H17ClS/c1-2-12-7-3-4-9-5-6-10(11)8-9/h8,10H,2-7H2,1H3. The molecule has 0 fully saturated rings. The van der Waals surface area contributed by atoms with E-state index in [-0.39, 0.29) is 0 Å². The van der Waals surface area contributed by atoms with Crippen molar-refractivity contribution in [2.24, 2.45) is 0 Å². The predicted octanol–water partition coefficient (Wildman–Crippen LogP) is 3.85. The van der Waals surface area contributed by atoms with Crippen molar-refractivity contribution in [3.05, 3.63) is 11.6 Å². The third-order valence-electron chi connectivity index (χ3n) is 2.15. The summed E-state index contributed by atoms with van der Waals surface area (Å²) in [7, 11) is 0. The Hall–Kier alpha value is 0.380. The smallest absolute Gasteiger partial charge is 0.0521 e. The normalized spacial score (nSPS) is 22.8. The number of hydrogen-bond donors (Lipinski definition) is 0. The van der Waals surface area contributed by atoms with E-state index in [4.69, 9.17) is 11.6 Å². The van der Waals surface area contributed by atoms with Gasteiger partial charge >= 0.3 is 0 Å². The zero-order valence-corrected chi connectivity index (χ0v) is 9.26. The van der Waals surface area contributed by atoms with Crippen LogP contribution < -0.4 is 0 Å². The van der Waals surface area contributed by atoms with Crippen LogP contribution in [0.15, 0.2) is 11.6 Å². The summed E-state index contributed by atoms with van der Waals surface area (Å²) in [6.45, 7) is 2.22. The number of hydrogen-bond acceptors (Lipinski definition) is 1. The van der Waals surface area contributed by atoms with Crippen molar-refractivity contribution in [2.75, 3.05) is 11.5 Å². The molecular weight excluding hydrogens is 188 g/mol. The maximum absolute atomic E-state index is 5.97. The Morgan fingerprint density at radius 1 is 1.67 bits per heavy atom. The molecule has 70 valence electrons. The van der Waals surface area contributed by atoms with E-state index in [2.05, 4.69) is 13.0 Å². The van der Waals surface area contributed by atoms with E-state index in [1.54, 1.807) is 5.57 Å². The predicted molar refractivity (Wildman–Crippen MR) is 59.2 cm³/mol. The van der Waals surface area contributed by atoms with Gasteiger partial charge in [0.1, 0.15) is 0 Å². The summed E-state index contributed by atoms with van der Waals surface area (Å²) in [5.74, 6) is 2.55. The molecule has 2 heteroatoms. The average Bonchev–Trinajstić information content (AvgIpc) is 2.45.